The highest BCUT2D eigenvalue weighted by Gasteiger charge is 1.93. The number of para-hydroxylation sites is 1. The number of benzene rings is 2. The van der Waals surface area contributed by atoms with Crippen molar-refractivity contribution < 1.29 is 5.11 Å². The lowest BCUT2D eigenvalue weighted by Gasteiger charge is -1.94. The number of hydrogen-bond acceptors (Lipinski definition) is 3. The summed E-state index contributed by atoms with van der Waals surface area (Å²) in [7, 11) is 0. The van der Waals surface area contributed by atoms with Gasteiger partial charge in [-0.15, -0.1) is 0 Å². The Bertz CT molecular complexity index is 577. The fourth-order valence-electron chi connectivity index (χ4n) is 1.34. The lowest BCUT2D eigenvalue weighted by molar-refractivity contribution is 0.474. The first-order chi connectivity index (χ1) is 8.75. The van der Waals surface area contributed by atoms with Crippen LogP contribution in [0.2, 0.25) is 0 Å². The molecule has 4 heteroatoms. The van der Waals surface area contributed by atoms with Gasteiger partial charge in [-0.25, -0.2) is 0 Å². The van der Waals surface area contributed by atoms with E-state index >= 15 is 0 Å². The molecule has 2 aromatic carbocycles. The smallest absolute Gasteiger partial charge is 0.124 e. The average molecular weight is 303 g/mol. The fraction of sp³-hybridized carbons (Fsp3) is 0. The summed E-state index contributed by atoms with van der Waals surface area (Å²) in [6.07, 6.45) is 3.17. The van der Waals surface area contributed by atoms with Crippen molar-refractivity contribution in [3.05, 3.63) is 64.1 Å². The molecule has 0 saturated heterocycles. The highest BCUT2D eigenvalue weighted by Crippen LogP contribution is 2.12. The molecule has 0 aromatic heterocycles. The second kappa shape index (κ2) is 6.12. The van der Waals surface area contributed by atoms with Crippen molar-refractivity contribution in [2.24, 2.45) is 10.2 Å². The second-order valence-electron chi connectivity index (χ2n) is 3.60. The van der Waals surface area contributed by atoms with Gasteiger partial charge in [-0.05, 0) is 29.8 Å². The normalized spacial score (nSPS) is 11.4. The molecule has 0 aliphatic carbocycles. The summed E-state index contributed by atoms with van der Waals surface area (Å²) in [5, 5.41) is 17.3. The van der Waals surface area contributed by atoms with Crippen LogP contribution in [0.25, 0.3) is 0 Å². The lowest BCUT2D eigenvalue weighted by atomic mass is 10.2. The fourth-order valence-corrected chi connectivity index (χ4v) is 1.61. The van der Waals surface area contributed by atoms with Crippen LogP contribution in [0.1, 0.15) is 11.1 Å². The Morgan fingerprint density at radius 3 is 2.28 bits per heavy atom. The summed E-state index contributed by atoms with van der Waals surface area (Å²) < 4.78 is 1.03. The molecule has 0 radical (unpaired) electrons. The molecule has 0 aliphatic rings. The van der Waals surface area contributed by atoms with Crippen LogP contribution in [0.15, 0.2) is 63.2 Å². The molecule has 0 spiro atoms. The summed E-state index contributed by atoms with van der Waals surface area (Å²) in [6.45, 7) is 0. The molecule has 0 unspecified atom stereocenters. The second-order valence-corrected chi connectivity index (χ2v) is 4.52. The van der Waals surface area contributed by atoms with Crippen LogP contribution in [-0.2, 0) is 0 Å². The number of rotatable bonds is 3. The maximum atomic E-state index is 9.51. The van der Waals surface area contributed by atoms with Crippen LogP contribution < -0.4 is 0 Å². The number of aromatic hydroxyl groups is 1. The monoisotopic (exact) mass is 302 g/mol. The van der Waals surface area contributed by atoms with Gasteiger partial charge in [-0.3, -0.25) is 0 Å². The standard InChI is InChI=1S/C14H11BrN2O/c15-13-7-5-11(6-8-13)9-16-17-10-12-3-1-2-4-14(12)18/h1-10,18H/b16-9-,17-10-. The quantitative estimate of drug-likeness (QED) is 0.683. The van der Waals surface area contributed by atoms with E-state index in [4.69, 9.17) is 0 Å². The van der Waals surface area contributed by atoms with Crippen molar-refractivity contribution in [3.8, 4) is 5.75 Å². The number of hydrogen-bond donors (Lipinski definition) is 1. The molecule has 0 amide bonds. The zero-order valence-corrected chi connectivity index (χ0v) is 11.1. The molecular formula is C14H11BrN2O. The molecule has 0 heterocycles. The SMILES string of the molecule is Oc1ccccc1/C=N\N=C/c1ccc(Br)cc1. The molecule has 3 nitrogen and oxygen atoms in total. The van der Waals surface area contributed by atoms with E-state index in [-0.39, 0.29) is 5.75 Å². The van der Waals surface area contributed by atoms with Crippen LogP contribution in [-0.4, -0.2) is 17.5 Å². The third kappa shape index (κ3) is 3.53. The number of phenols is 1. The van der Waals surface area contributed by atoms with Gasteiger partial charge in [0.15, 0.2) is 0 Å². The van der Waals surface area contributed by atoms with Crippen LogP contribution in [0, 0.1) is 0 Å². The third-order valence-electron chi connectivity index (χ3n) is 2.28. The molecular weight excluding hydrogens is 292 g/mol. The largest absolute Gasteiger partial charge is 0.507 e. The van der Waals surface area contributed by atoms with Crippen LogP contribution in [0.3, 0.4) is 0 Å². The van der Waals surface area contributed by atoms with Gasteiger partial charge in [-0.1, -0.05) is 40.2 Å². The first-order valence-corrected chi connectivity index (χ1v) is 6.15. The number of halogens is 1. The summed E-state index contributed by atoms with van der Waals surface area (Å²) in [4.78, 5) is 0. The van der Waals surface area contributed by atoms with Crippen LogP contribution in [0.4, 0.5) is 0 Å². The Morgan fingerprint density at radius 1 is 0.889 bits per heavy atom. The van der Waals surface area contributed by atoms with Crippen LogP contribution >= 0.6 is 15.9 Å². The first-order valence-electron chi connectivity index (χ1n) is 5.36. The van der Waals surface area contributed by atoms with E-state index in [1.807, 2.05) is 30.3 Å². The van der Waals surface area contributed by atoms with Gasteiger partial charge in [-0.2, -0.15) is 10.2 Å². The average Bonchev–Trinajstić information content (AvgIpc) is 2.39. The number of nitrogens with zero attached hydrogens (tertiary/aromatic N) is 2. The van der Waals surface area contributed by atoms with Crippen molar-refractivity contribution >= 4 is 28.4 Å². The van der Waals surface area contributed by atoms with Gasteiger partial charge in [0.25, 0.3) is 0 Å². The van der Waals surface area contributed by atoms with Gasteiger partial charge in [0.05, 0.1) is 12.4 Å². The summed E-state index contributed by atoms with van der Waals surface area (Å²) in [5.74, 6) is 0.195. The highest BCUT2D eigenvalue weighted by atomic mass is 79.9. The highest BCUT2D eigenvalue weighted by molar-refractivity contribution is 9.10. The number of phenolic OH excluding ortho intramolecular Hbond substituents is 1. The minimum absolute atomic E-state index is 0.195. The third-order valence-corrected chi connectivity index (χ3v) is 2.81. The lowest BCUT2D eigenvalue weighted by Crippen LogP contribution is -1.81. The predicted octanol–water partition coefficient (Wildman–Crippen LogP) is 3.61. The van der Waals surface area contributed by atoms with Crippen molar-refractivity contribution in [2.75, 3.05) is 0 Å². The minimum Gasteiger partial charge on any atom is -0.507 e. The molecule has 2 aromatic rings. The Morgan fingerprint density at radius 2 is 1.56 bits per heavy atom. The molecule has 0 atom stereocenters. The molecule has 1 N–H and O–H groups in total. The van der Waals surface area contributed by atoms with E-state index in [1.54, 1.807) is 24.4 Å². The van der Waals surface area contributed by atoms with E-state index in [9.17, 15) is 5.11 Å². The van der Waals surface area contributed by atoms with Crippen LogP contribution in [0.5, 0.6) is 5.75 Å². The van der Waals surface area contributed by atoms with Gasteiger partial charge in [0.2, 0.25) is 0 Å². The summed E-state index contributed by atoms with van der Waals surface area (Å²) in [6, 6.07) is 14.7. The van der Waals surface area contributed by atoms with Crippen molar-refractivity contribution in [1.29, 1.82) is 0 Å². The van der Waals surface area contributed by atoms with Gasteiger partial charge < -0.3 is 5.11 Å². The summed E-state index contributed by atoms with van der Waals surface area (Å²) in [5.41, 5.74) is 1.61. The Balaban J connectivity index is 2.03. The molecule has 0 saturated carbocycles. The zero-order valence-electron chi connectivity index (χ0n) is 9.49. The molecule has 0 bridgehead atoms. The van der Waals surface area contributed by atoms with Crippen molar-refractivity contribution in [3.63, 3.8) is 0 Å². The molecule has 18 heavy (non-hydrogen) atoms. The van der Waals surface area contributed by atoms with E-state index < -0.39 is 0 Å². The minimum atomic E-state index is 0.195. The maximum Gasteiger partial charge on any atom is 0.124 e. The van der Waals surface area contributed by atoms with E-state index in [0.29, 0.717) is 5.56 Å². The maximum absolute atomic E-state index is 9.51. The Hall–Kier alpha value is -1.94. The zero-order chi connectivity index (χ0) is 12.8. The molecule has 0 aliphatic heterocycles. The first kappa shape index (κ1) is 12.5. The molecule has 90 valence electrons. The van der Waals surface area contributed by atoms with Crippen molar-refractivity contribution in [2.45, 2.75) is 0 Å². The van der Waals surface area contributed by atoms with E-state index in [2.05, 4.69) is 26.1 Å². The predicted molar refractivity (Wildman–Crippen MR) is 77.4 cm³/mol. The Labute approximate surface area is 114 Å². The summed E-state index contributed by atoms with van der Waals surface area (Å²) >= 11 is 3.36. The van der Waals surface area contributed by atoms with Gasteiger partial charge in [0.1, 0.15) is 5.75 Å². The Kier molecular flexibility index (Phi) is 4.25. The van der Waals surface area contributed by atoms with Gasteiger partial charge >= 0.3 is 0 Å². The topological polar surface area (TPSA) is 45.0 Å². The van der Waals surface area contributed by atoms with Crippen molar-refractivity contribution in [1.82, 2.24) is 0 Å². The van der Waals surface area contributed by atoms with Gasteiger partial charge in [0, 0.05) is 10.0 Å². The van der Waals surface area contributed by atoms with E-state index in [1.165, 1.54) is 6.21 Å². The molecule has 0 fully saturated rings. The van der Waals surface area contributed by atoms with E-state index in [0.717, 1.165) is 10.0 Å². The molecule has 2 rings (SSSR count).